The van der Waals surface area contributed by atoms with Gasteiger partial charge in [-0.15, -0.1) is 6.54 Å². The minimum absolute atomic E-state index is 0. The molecule has 0 aliphatic rings. The van der Waals surface area contributed by atoms with Gasteiger partial charge in [-0.3, -0.25) is 4.79 Å². The molecule has 126 valence electrons. The van der Waals surface area contributed by atoms with Gasteiger partial charge in [0.05, 0.1) is 11.4 Å². The van der Waals surface area contributed by atoms with Crippen LogP contribution in [0.3, 0.4) is 0 Å². The van der Waals surface area contributed by atoms with E-state index in [1.165, 1.54) is 6.07 Å². The number of rotatable bonds is 4. The second-order valence-corrected chi connectivity index (χ2v) is 6.03. The van der Waals surface area contributed by atoms with Crippen LogP contribution < -0.4 is 16.5 Å². The Balaban J connectivity index is 0.00000529. The van der Waals surface area contributed by atoms with Crippen molar-refractivity contribution in [3.63, 3.8) is 0 Å². The fourth-order valence-corrected chi connectivity index (χ4v) is 1.73. The minimum Gasteiger partial charge on any atom is -0.444 e. The first-order valence-electron chi connectivity index (χ1n) is 7.13. The summed E-state index contributed by atoms with van der Waals surface area (Å²) in [6, 6.07) is 3.70. The van der Waals surface area contributed by atoms with Crippen molar-refractivity contribution in [2.75, 3.05) is 17.6 Å². The molecule has 2 radical (unpaired) electrons. The molecule has 0 aliphatic carbocycles. The molecular formula is C16H22BN3O3U. The molecular weight excluding hydrogens is 531 g/mol. The summed E-state index contributed by atoms with van der Waals surface area (Å²) in [5.41, 5.74) is 6.27. The van der Waals surface area contributed by atoms with E-state index in [1.807, 2.05) is 0 Å². The number of hydrogen-bond donors (Lipinski definition) is 2. The summed E-state index contributed by atoms with van der Waals surface area (Å²) in [6.07, 6.45) is -0.664. The standard InChI is InChI=1S/C16H22BN3O3.U/c1-6-20(15(22)23-16(3,4)5)10(2)14(21)19-13-9-11(17)7-8-12(13)18;/h7-10H,1-2,6,18H2,3-5H3,(H,19,21);/q-2;+2/t10-;/m0./s1. The van der Waals surface area contributed by atoms with Gasteiger partial charge >= 0.3 is 37.2 Å². The Morgan fingerprint density at radius 3 is 2.50 bits per heavy atom. The van der Waals surface area contributed by atoms with Gasteiger partial charge in [-0.2, -0.15) is 0 Å². The number of nitrogens with one attached hydrogen (secondary N) is 1. The smallest absolute Gasteiger partial charge is 0.444 e. The van der Waals surface area contributed by atoms with Crippen molar-refractivity contribution in [3.8, 4) is 0 Å². The molecule has 0 bridgehead atoms. The molecule has 1 rings (SSSR count). The number of ether oxygens (including phenoxy) is 1. The van der Waals surface area contributed by atoms with Gasteiger partial charge in [0.2, 0.25) is 5.91 Å². The number of anilines is 2. The quantitative estimate of drug-likeness (QED) is 0.335. The van der Waals surface area contributed by atoms with E-state index >= 15 is 0 Å². The molecule has 0 aliphatic heterocycles. The number of benzene rings is 1. The topological polar surface area (TPSA) is 84.7 Å². The number of carbonyl (C=O) groups excluding carboxylic acids is 2. The molecule has 3 N–H and O–H groups in total. The van der Waals surface area contributed by atoms with Gasteiger partial charge in [-0.25, -0.2) is 4.79 Å². The molecule has 0 spiro atoms. The molecule has 0 saturated heterocycles. The van der Waals surface area contributed by atoms with E-state index in [0.717, 1.165) is 4.90 Å². The van der Waals surface area contributed by atoms with Crippen molar-refractivity contribution in [1.29, 1.82) is 0 Å². The summed E-state index contributed by atoms with van der Waals surface area (Å²) in [7, 11) is 5.67. The third-order valence-corrected chi connectivity index (χ3v) is 2.88. The van der Waals surface area contributed by atoms with Crippen LogP contribution in [-0.2, 0) is 9.53 Å². The van der Waals surface area contributed by atoms with Crippen molar-refractivity contribution >= 4 is 36.7 Å². The number of nitrogens with zero attached hydrogens (tertiary/aromatic N) is 1. The van der Waals surface area contributed by atoms with Crippen molar-refractivity contribution in [1.82, 2.24) is 4.90 Å². The van der Waals surface area contributed by atoms with Crippen LogP contribution in [0.2, 0.25) is 0 Å². The van der Waals surface area contributed by atoms with E-state index in [-0.39, 0.29) is 37.7 Å². The van der Waals surface area contributed by atoms with Gasteiger partial charge in [0, 0.05) is 0 Å². The van der Waals surface area contributed by atoms with Crippen LogP contribution in [0.15, 0.2) is 18.2 Å². The first-order valence-corrected chi connectivity index (χ1v) is 7.13. The van der Waals surface area contributed by atoms with E-state index < -0.39 is 23.6 Å². The Morgan fingerprint density at radius 1 is 1.42 bits per heavy atom. The molecule has 0 unspecified atom stereocenters. The van der Waals surface area contributed by atoms with Crippen molar-refractivity contribution < 1.29 is 45.4 Å². The number of nitrogen functional groups attached to an aromatic ring is 1. The maximum absolute atomic E-state index is 12.3. The molecule has 0 heterocycles. The molecule has 6 nitrogen and oxygen atoms in total. The summed E-state index contributed by atoms with van der Waals surface area (Å²) in [4.78, 5) is 25.5. The van der Waals surface area contributed by atoms with E-state index in [4.69, 9.17) is 18.3 Å². The number of hydrogen-bond acceptors (Lipinski definition) is 4. The zero-order chi connectivity index (χ0) is 17.8. The van der Waals surface area contributed by atoms with Gasteiger partial charge in [0.25, 0.3) is 0 Å². The third-order valence-electron chi connectivity index (χ3n) is 2.88. The average Bonchev–Trinajstić information content (AvgIpc) is 2.41. The van der Waals surface area contributed by atoms with Crippen LogP contribution in [0.4, 0.5) is 16.2 Å². The molecule has 0 saturated carbocycles. The summed E-state index contributed by atoms with van der Waals surface area (Å²) in [6.45, 7) is 12.6. The summed E-state index contributed by atoms with van der Waals surface area (Å²) in [5, 5.41) is 2.60. The van der Waals surface area contributed by atoms with E-state index in [2.05, 4.69) is 19.2 Å². The monoisotopic (exact) mass is 553 g/mol. The van der Waals surface area contributed by atoms with Crippen LogP contribution in [0.25, 0.3) is 0 Å². The van der Waals surface area contributed by atoms with E-state index in [1.54, 1.807) is 32.9 Å². The number of amides is 2. The van der Waals surface area contributed by atoms with Crippen LogP contribution in [-0.4, -0.2) is 42.9 Å². The van der Waals surface area contributed by atoms with Crippen LogP contribution >= 0.6 is 0 Å². The fraction of sp³-hybridized carbons (Fsp3) is 0.375. The number of nitrogens with two attached hydrogens (primary N) is 1. The van der Waals surface area contributed by atoms with Gasteiger partial charge in [0.1, 0.15) is 13.4 Å². The zero-order valence-electron chi connectivity index (χ0n) is 14.3. The normalized spacial score (nSPS) is 11.9. The molecule has 1 aromatic rings. The molecule has 1 aromatic carbocycles. The SMILES string of the molecule is [B]c1ccc(N)c(NC(=O)[C@H]([CH2-])N(C[CH2-])C(=O)OC(C)(C)C)c1.[U+2]. The predicted octanol–water partition coefficient (Wildman–Crippen LogP) is 1.27. The molecule has 0 aromatic heterocycles. The molecule has 24 heavy (non-hydrogen) atoms. The summed E-state index contributed by atoms with van der Waals surface area (Å²) in [5.74, 6) is -0.517. The Hall–Kier alpha value is -1.12. The second-order valence-electron chi connectivity index (χ2n) is 6.03. The van der Waals surface area contributed by atoms with Gasteiger partial charge in [-0.1, -0.05) is 11.5 Å². The fourth-order valence-electron chi connectivity index (χ4n) is 1.73. The minimum atomic E-state index is -1.02. The average molecular weight is 553 g/mol. The second kappa shape index (κ2) is 9.38. The molecule has 0 fully saturated rings. The molecule has 1 atom stereocenters. The van der Waals surface area contributed by atoms with Crippen LogP contribution in [0.1, 0.15) is 20.8 Å². The Labute approximate surface area is 168 Å². The van der Waals surface area contributed by atoms with Gasteiger partial charge in [-0.05, 0) is 38.9 Å². The van der Waals surface area contributed by atoms with Crippen LogP contribution in [0.5, 0.6) is 0 Å². The van der Waals surface area contributed by atoms with Crippen molar-refractivity contribution in [3.05, 3.63) is 32.0 Å². The maximum atomic E-state index is 12.3. The number of carbonyl (C=O) groups is 2. The van der Waals surface area contributed by atoms with Crippen molar-refractivity contribution in [2.45, 2.75) is 32.4 Å². The summed E-state index contributed by atoms with van der Waals surface area (Å²) >= 11 is 0. The first-order chi connectivity index (χ1) is 10.5. The molecule has 8 heteroatoms. The van der Waals surface area contributed by atoms with E-state index in [0.29, 0.717) is 16.8 Å². The third kappa shape index (κ3) is 6.78. The maximum Gasteiger partial charge on any atom is 2.00 e. The molecule has 2 amide bonds. The predicted molar refractivity (Wildman–Crippen MR) is 92.3 cm³/mol. The Kier molecular flexibility index (Phi) is 8.94. The summed E-state index contributed by atoms with van der Waals surface area (Å²) < 4.78 is 5.24. The van der Waals surface area contributed by atoms with Gasteiger partial charge in [0.15, 0.2) is 0 Å². The van der Waals surface area contributed by atoms with Crippen LogP contribution in [0, 0.1) is 45.0 Å². The zero-order valence-corrected chi connectivity index (χ0v) is 18.4. The van der Waals surface area contributed by atoms with Crippen molar-refractivity contribution in [2.24, 2.45) is 0 Å². The first kappa shape index (κ1) is 22.9. The Morgan fingerprint density at radius 2 is 2.00 bits per heavy atom. The largest absolute Gasteiger partial charge is 2.00 e. The Bertz CT molecular complexity index is 590. The van der Waals surface area contributed by atoms with E-state index in [9.17, 15) is 9.59 Å². The van der Waals surface area contributed by atoms with Gasteiger partial charge < -0.3 is 34.5 Å².